The summed E-state index contributed by atoms with van der Waals surface area (Å²) < 4.78 is 2.06. The lowest BCUT2D eigenvalue weighted by Crippen LogP contribution is -2.38. The van der Waals surface area contributed by atoms with E-state index in [2.05, 4.69) is 46.8 Å². The topological polar surface area (TPSA) is 57.6 Å². The molecule has 6 heteroatoms. The molecule has 6 nitrogen and oxygen atoms in total. The van der Waals surface area contributed by atoms with Gasteiger partial charge in [-0.3, -0.25) is 14.5 Å². The number of para-hydroxylation sites is 1. The van der Waals surface area contributed by atoms with Gasteiger partial charge in [0.25, 0.3) is 5.91 Å². The number of aryl methyl sites for hydroxylation is 3. The minimum absolute atomic E-state index is 0.0184. The summed E-state index contributed by atoms with van der Waals surface area (Å²) in [6, 6.07) is 8.20. The van der Waals surface area contributed by atoms with Crippen LogP contribution in [0, 0.1) is 13.8 Å². The molecule has 31 heavy (non-hydrogen) atoms. The highest BCUT2D eigenvalue weighted by Gasteiger charge is 2.24. The Morgan fingerprint density at radius 1 is 1.00 bits per heavy atom. The van der Waals surface area contributed by atoms with Gasteiger partial charge in [-0.1, -0.05) is 32.0 Å². The van der Waals surface area contributed by atoms with Crippen LogP contribution >= 0.6 is 0 Å². The predicted octanol–water partition coefficient (Wildman–Crippen LogP) is 3.55. The quantitative estimate of drug-likeness (QED) is 0.772. The van der Waals surface area contributed by atoms with Crippen LogP contribution in [0.5, 0.6) is 0 Å². The van der Waals surface area contributed by atoms with E-state index in [0.29, 0.717) is 19.6 Å². The number of rotatable bonds is 6. The van der Waals surface area contributed by atoms with Crippen molar-refractivity contribution in [3.63, 3.8) is 0 Å². The normalized spacial score (nSPS) is 15.1. The fourth-order valence-electron chi connectivity index (χ4n) is 4.36. The molecule has 1 N–H and O–H groups in total. The van der Waals surface area contributed by atoms with E-state index in [9.17, 15) is 9.59 Å². The average molecular weight is 425 g/mol. The number of amides is 2. The first-order valence-corrected chi connectivity index (χ1v) is 11.4. The molecule has 0 saturated carbocycles. The van der Waals surface area contributed by atoms with Crippen LogP contribution in [0.3, 0.4) is 0 Å². The Bertz CT molecular complexity index is 925. The van der Waals surface area contributed by atoms with Crippen LogP contribution in [0.2, 0.25) is 0 Å². The van der Waals surface area contributed by atoms with Gasteiger partial charge in [0.05, 0.1) is 12.1 Å². The minimum atomic E-state index is 0.0184. The lowest BCUT2D eigenvalue weighted by atomic mass is 10.0. The molecular weight excluding hydrogens is 388 g/mol. The number of carbonyl (C=O) groups is 2. The number of hydrogen-bond acceptors (Lipinski definition) is 3. The van der Waals surface area contributed by atoms with E-state index in [1.54, 1.807) is 0 Å². The number of benzene rings is 1. The first-order chi connectivity index (χ1) is 14.8. The fourth-order valence-corrected chi connectivity index (χ4v) is 4.36. The molecule has 2 amide bonds. The number of nitrogens with one attached hydrogen (secondary N) is 1. The molecule has 0 spiro atoms. The lowest BCUT2D eigenvalue weighted by molar-refractivity contribution is -0.117. The van der Waals surface area contributed by atoms with Crippen LogP contribution in [-0.4, -0.2) is 58.9 Å². The maximum absolute atomic E-state index is 13.1. The van der Waals surface area contributed by atoms with Gasteiger partial charge in [0.15, 0.2) is 0 Å². The second-order valence-corrected chi connectivity index (χ2v) is 8.47. The number of anilines is 1. The maximum Gasteiger partial charge on any atom is 0.255 e. The molecule has 2 aromatic rings. The van der Waals surface area contributed by atoms with E-state index in [-0.39, 0.29) is 11.8 Å². The van der Waals surface area contributed by atoms with Gasteiger partial charge < -0.3 is 14.8 Å². The van der Waals surface area contributed by atoms with Gasteiger partial charge >= 0.3 is 0 Å². The van der Waals surface area contributed by atoms with Gasteiger partial charge in [-0.25, -0.2) is 0 Å². The van der Waals surface area contributed by atoms with Crippen LogP contribution in [-0.2, 0) is 24.7 Å². The van der Waals surface area contributed by atoms with Crippen molar-refractivity contribution in [3.05, 3.63) is 52.3 Å². The van der Waals surface area contributed by atoms with Gasteiger partial charge in [-0.2, -0.15) is 0 Å². The van der Waals surface area contributed by atoms with Gasteiger partial charge in [0.2, 0.25) is 5.91 Å². The van der Waals surface area contributed by atoms with E-state index >= 15 is 0 Å². The second kappa shape index (κ2) is 10.1. The van der Waals surface area contributed by atoms with Crippen molar-refractivity contribution in [3.8, 4) is 0 Å². The molecule has 1 aromatic carbocycles. The number of aromatic nitrogens is 1. The summed E-state index contributed by atoms with van der Waals surface area (Å²) in [5, 5.41) is 3.16. The van der Waals surface area contributed by atoms with E-state index in [1.165, 1.54) is 11.1 Å². The first kappa shape index (κ1) is 23.1. The molecule has 1 fully saturated rings. The summed E-state index contributed by atoms with van der Waals surface area (Å²) in [6.07, 6.45) is 2.65. The minimum Gasteiger partial charge on any atom is -0.351 e. The molecule has 1 aliphatic heterocycles. The summed E-state index contributed by atoms with van der Waals surface area (Å²) in [4.78, 5) is 30.0. The summed E-state index contributed by atoms with van der Waals surface area (Å²) in [5.41, 5.74) is 6.20. The first-order valence-electron chi connectivity index (χ1n) is 11.4. The summed E-state index contributed by atoms with van der Waals surface area (Å²) in [7, 11) is 1.99. The highest BCUT2D eigenvalue weighted by molar-refractivity contribution is 5.96. The fraction of sp³-hybridized carbons (Fsp3) is 0.520. The third-order valence-electron chi connectivity index (χ3n) is 6.51. The summed E-state index contributed by atoms with van der Waals surface area (Å²) >= 11 is 0. The maximum atomic E-state index is 13.1. The van der Waals surface area contributed by atoms with Gasteiger partial charge in [-0.15, -0.1) is 0 Å². The Balaban J connectivity index is 1.61. The van der Waals surface area contributed by atoms with Gasteiger partial charge in [-0.05, 0) is 50.3 Å². The molecule has 1 saturated heterocycles. The molecule has 0 radical (unpaired) electrons. The molecule has 1 aliphatic rings. The largest absolute Gasteiger partial charge is 0.351 e. The molecule has 1 aromatic heterocycles. The van der Waals surface area contributed by atoms with Gasteiger partial charge in [0, 0.05) is 50.3 Å². The van der Waals surface area contributed by atoms with Crippen molar-refractivity contribution in [2.45, 2.75) is 47.0 Å². The molecule has 3 rings (SSSR count). The molecule has 0 atom stereocenters. The number of carbonyl (C=O) groups excluding carboxylic acids is 2. The zero-order chi connectivity index (χ0) is 22.5. The Hall–Kier alpha value is -2.60. The van der Waals surface area contributed by atoms with Crippen molar-refractivity contribution >= 4 is 17.5 Å². The standard InChI is InChI=1S/C25H36N4O2/c1-6-20-10-8-11-21(7-2)24(20)26-23(30)17-28-12-9-13-29(15-14-28)25(31)22-16-18(3)27(5)19(22)4/h8,10-11,16H,6-7,9,12-15,17H2,1-5H3,(H,26,30). The van der Waals surface area contributed by atoms with E-state index in [1.807, 2.05) is 31.9 Å². The average Bonchev–Trinajstić information content (AvgIpc) is 2.92. The third-order valence-corrected chi connectivity index (χ3v) is 6.51. The molecular formula is C25H36N4O2. The van der Waals surface area contributed by atoms with Crippen LogP contribution in [0.25, 0.3) is 0 Å². The van der Waals surface area contributed by atoms with Crippen LogP contribution in [0.15, 0.2) is 24.3 Å². The second-order valence-electron chi connectivity index (χ2n) is 8.47. The molecule has 0 aliphatic carbocycles. The molecule has 2 heterocycles. The van der Waals surface area contributed by atoms with Crippen LogP contribution < -0.4 is 5.32 Å². The van der Waals surface area contributed by atoms with E-state index in [4.69, 9.17) is 0 Å². The molecule has 168 valence electrons. The smallest absolute Gasteiger partial charge is 0.255 e. The lowest BCUT2D eigenvalue weighted by Gasteiger charge is -2.22. The van der Waals surface area contributed by atoms with Crippen molar-refractivity contribution in [1.29, 1.82) is 0 Å². The Morgan fingerprint density at radius 2 is 1.68 bits per heavy atom. The Morgan fingerprint density at radius 3 is 2.26 bits per heavy atom. The number of hydrogen-bond donors (Lipinski definition) is 1. The zero-order valence-electron chi connectivity index (χ0n) is 19.6. The molecule has 0 unspecified atom stereocenters. The Labute approximate surface area is 186 Å². The van der Waals surface area contributed by atoms with Crippen LogP contribution in [0.1, 0.15) is 53.1 Å². The molecule has 0 bridgehead atoms. The van der Waals surface area contributed by atoms with Crippen molar-refractivity contribution < 1.29 is 9.59 Å². The predicted molar refractivity (Wildman–Crippen MR) is 126 cm³/mol. The highest BCUT2D eigenvalue weighted by atomic mass is 16.2. The SMILES string of the molecule is CCc1cccc(CC)c1NC(=O)CN1CCCN(C(=O)c2cc(C)n(C)c2C)CC1. The van der Waals surface area contributed by atoms with Crippen molar-refractivity contribution in [2.24, 2.45) is 7.05 Å². The highest BCUT2D eigenvalue weighted by Crippen LogP contribution is 2.23. The van der Waals surface area contributed by atoms with Gasteiger partial charge in [0.1, 0.15) is 0 Å². The zero-order valence-corrected chi connectivity index (χ0v) is 19.6. The van der Waals surface area contributed by atoms with Crippen molar-refractivity contribution in [1.82, 2.24) is 14.4 Å². The van der Waals surface area contributed by atoms with E-state index in [0.717, 1.165) is 55.0 Å². The van der Waals surface area contributed by atoms with E-state index < -0.39 is 0 Å². The summed E-state index contributed by atoms with van der Waals surface area (Å²) in [5.74, 6) is 0.113. The third kappa shape index (κ3) is 5.18. The summed E-state index contributed by atoms with van der Waals surface area (Å²) in [6.45, 7) is 11.5. The Kier molecular flexibility index (Phi) is 7.55. The monoisotopic (exact) mass is 424 g/mol. The van der Waals surface area contributed by atoms with Crippen molar-refractivity contribution in [2.75, 3.05) is 38.0 Å². The number of nitrogens with zero attached hydrogens (tertiary/aromatic N) is 3. The van der Waals surface area contributed by atoms with Crippen LogP contribution in [0.4, 0.5) is 5.69 Å².